The molecule has 4 N–H and O–H groups in total. The van der Waals surface area contributed by atoms with Crippen molar-refractivity contribution in [3.05, 3.63) is 58.1 Å². The van der Waals surface area contributed by atoms with E-state index >= 15 is 0 Å². The summed E-state index contributed by atoms with van der Waals surface area (Å²) in [5.41, 5.74) is 1.86. The van der Waals surface area contributed by atoms with Crippen LogP contribution in [0.5, 0.6) is 0 Å². The van der Waals surface area contributed by atoms with Crippen LogP contribution in [0.15, 0.2) is 41.0 Å². The summed E-state index contributed by atoms with van der Waals surface area (Å²) in [6.07, 6.45) is 4.00. The summed E-state index contributed by atoms with van der Waals surface area (Å²) in [5.74, 6) is 1.82. The first-order valence-electron chi connectivity index (χ1n) is 8.60. The van der Waals surface area contributed by atoms with Gasteiger partial charge in [-0.15, -0.1) is 0 Å². The molecule has 9 heteroatoms. The van der Waals surface area contributed by atoms with Gasteiger partial charge in [-0.05, 0) is 46.5 Å². The van der Waals surface area contributed by atoms with E-state index in [1.165, 1.54) is 25.0 Å². The summed E-state index contributed by atoms with van der Waals surface area (Å²) in [4.78, 5) is 8.68. The van der Waals surface area contributed by atoms with Gasteiger partial charge in [0.05, 0.1) is 17.1 Å². The monoisotopic (exact) mass is 432 g/mol. The Kier molecular flexibility index (Phi) is 5.04. The zero-order valence-corrected chi connectivity index (χ0v) is 15.9. The SMILES string of the molecule is OC[C@H](Nc1ncc(Br)c(Nc2cc(C3CC3)[nH]n2)n1)c1ccc(F)cc1. The molecule has 27 heavy (non-hydrogen) atoms. The van der Waals surface area contributed by atoms with Gasteiger partial charge in [0, 0.05) is 23.9 Å². The molecule has 1 aliphatic carbocycles. The number of anilines is 3. The summed E-state index contributed by atoms with van der Waals surface area (Å²) in [7, 11) is 0. The molecule has 7 nitrogen and oxygen atoms in total. The number of H-pyrrole nitrogens is 1. The van der Waals surface area contributed by atoms with E-state index < -0.39 is 6.04 Å². The number of nitrogens with zero attached hydrogens (tertiary/aromatic N) is 3. The number of hydrogen-bond acceptors (Lipinski definition) is 6. The highest BCUT2D eigenvalue weighted by Crippen LogP contribution is 2.39. The van der Waals surface area contributed by atoms with E-state index in [2.05, 4.69) is 46.7 Å². The van der Waals surface area contributed by atoms with E-state index in [9.17, 15) is 9.50 Å². The van der Waals surface area contributed by atoms with Crippen LogP contribution in [-0.2, 0) is 0 Å². The molecule has 1 atom stereocenters. The van der Waals surface area contributed by atoms with Gasteiger partial charge in [-0.2, -0.15) is 10.1 Å². The van der Waals surface area contributed by atoms with E-state index in [0.717, 1.165) is 11.3 Å². The van der Waals surface area contributed by atoms with Crippen LogP contribution < -0.4 is 10.6 Å². The normalized spacial score (nSPS) is 14.8. The molecule has 0 radical (unpaired) electrons. The van der Waals surface area contributed by atoms with E-state index in [1.807, 2.05) is 6.07 Å². The molecule has 1 aliphatic rings. The number of rotatable bonds is 7. The molecule has 1 fully saturated rings. The van der Waals surface area contributed by atoms with Gasteiger partial charge in [-0.3, -0.25) is 5.10 Å². The van der Waals surface area contributed by atoms with Crippen LogP contribution in [0.2, 0.25) is 0 Å². The molecule has 1 saturated carbocycles. The summed E-state index contributed by atoms with van der Waals surface area (Å²) < 4.78 is 13.8. The maximum atomic E-state index is 13.1. The Balaban J connectivity index is 1.51. The Hall–Kier alpha value is -2.52. The number of aliphatic hydroxyl groups is 1. The van der Waals surface area contributed by atoms with Crippen molar-refractivity contribution in [2.45, 2.75) is 24.8 Å². The third-order valence-electron chi connectivity index (χ3n) is 4.36. The standard InChI is InChI=1S/C18H18BrFN6O/c19-13-8-21-18(22-15(9-27)11-3-5-12(20)6-4-11)24-17(13)23-16-7-14(25-26-16)10-1-2-10/h3-8,10,15,27H,1-2,9H2,(H3,21,22,23,24,25,26)/t15-/m0/s1. The van der Waals surface area contributed by atoms with Crippen LogP contribution in [0.3, 0.4) is 0 Å². The highest BCUT2D eigenvalue weighted by atomic mass is 79.9. The maximum absolute atomic E-state index is 13.1. The number of halogens is 2. The zero-order chi connectivity index (χ0) is 18.8. The summed E-state index contributed by atoms with van der Waals surface area (Å²) >= 11 is 3.43. The number of benzene rings is 1. The quantitative estimate of drug-likeness (QED) is 0.452. The van der Waals surface area contributed by atoms with Gasteiger partial charge >= 0.3 is 0 Å². The number of aromatic nitrogens is 4. The lowest BCUT2D eigenvalue weighted by molar-refractivity contribution is 0.276. The van der Waals surface area contributed by atoms with Gasteiger partial charge in [-0.1, -0.05) is 12.1 Å². The average Bonchev–Trinajstić information content (AvgIpc) is 3.42. The van der Waals surface area contributed by atoms with Crippen LogP contribution in [0, 0.1) is 5.82 Å². The molecule has 0 bridgehead atoms. The van der Waals surface area contributed by atoms with E-state index in [4.69, 9.17) is 0 Å². The molecule has 0 aliphatic heterocycles. The number of aromatic amines is 1. The van der Waals surface area contributed by atoms with Crippen molar-refractivity contribution >= 4 is 33.5 Å². The first-order chi connectivity index (χ1) is 13.1. The molecule has 3 aromatic rings. The smallest absolute Gasteiger partial charge is 0.225 e. The lowest BCUT2D eigenvalue weighted by Gasteiger charge is -2.17. The lowest BCUT2D eigenvalue weighted by atomic mass is 10.1. The largest absolute Gasteiger partial charge is 0.394 e. The second-order valence-electron chi connectivity index (χ2n) is 6.43. The van der Waals surface area contributed by atoms with Gasteiger partial charge in [-0.25, -0.2) is 9.37 Å². The minimum atomic E-state index is -0.452. The van der Waals surface area contributed by atoms with Gasteiger partial charge < -0.3 is 15.7 Å². The molecule has 0 amide bonds. The molecule has 140 valence electrons. The molecule has 4 rings (SSSR count). The highest BCUT2D eigenvalue weighted by Gasteiger charge is 2.25. The molecule has 1 aromatic carbocycles. The predicted octanol–water partition coefficient (Wildman–Crippen LogP) is 3.87. The molecule has 2 aromatic heterocycles. The Morgan fingerprint density at radius 2 is 2.07 bits per heavy atom. The van der Waals surface area contributed by atoms with Crippen LogP contribution in [0.1, 0.15) is 36.1 Å². The van der Waals surface area contributed by atoms with Crippen molar-refractivity contribution in [2.24, 2.45) is 0 Å². The lowest BCUT2D eigenvalue weighted by Crippen LogP contribution is -2.17. The topological polar surface area (TPSA) is 98.8 Å². The second kappa shape index (κ2) is 7.61. The molecular formula is C18H18BrFN6O. The zero-order valence-electron chi connectivity index (χ0n) is 14.3. The van der Waals surface area contributed by atoms with Gasteiger partial charge in [0.2, 0.25) is 5.95 Å². The Morgan fingerprint density at radius 3 is 2.78 bits per heavy atom. The third-order valence-corrected chi connectivity index (χ3v) is 4.94. The molecule has 0 spiro atoms. The number of hydrogen-bond donors (Lipinski definition) is 4. The number of aliphatic hydroxyl groups excluding tert-OH is 1. The van der Waals surface area contributed by atoms with Crippen molar-refractivity contribution < 1.29 is 9.50 Å². The van der Waals surface area contributed by atoms with Crippen LogP contribution >= 0.6 is 15.9 Å². The third kappa shape index (κ3) is 4.25. The van der Waals surface area contributed by atoms with Crippen molar-refractivity contribution in [1.29, 1.82) is 0 Å². The fourth-order valence-corrected chi connectivity index (χ4v) is 3.03. The van der Waals surface area contributed by atoms with Crippen molar-refractivity contribution in [1.82, 2.24) is 20.2 Å². The first-order valence-corrected chi connectivity index (χ1v) is 9.39. The van der Waals surface area contributed by atoms with Crippen LogP contribution in [0.4, 0.5) is 22.0 Å². The van der Waals surface area contributed by atoms with Crippen molar-refractivity contribution in [2.75, 3.05) is 17.2 Å². The minimum Gasteiger partial charge on any atom is -0.394 e. The first kappa shape index (κ1) is 17.9. The van der Waals surface area contributed by atoms with Crippen LogP contribution in [0.25, 0.3) is 0 Å². The van der Waals surface area contributed by atoms with Crippen LogP contribution in [-0.4, -0.2) is 31.9 Å². The maximum Gasteiger partial charge on any atom is 0.225 e. The van der Waals surface area contributed by atoms with Crippen molar-refractivity contribution in [3.63, 3.8) is 0 Å². The van der Waals surface area contributed by atoms with Gasteiger partial charge in [0.25, 0.3) is 0 Å². The Morgan fingerprint density at radius 1 is 1.30 bits per heavy atom. The summed E-state index contributed by atoms with van der Waals surface area (Å²) in [6.45, 7) is -0.183. The van der Waals surface area contributed by atoms with E-state index in [-0.39, 0.29) is 12.4 Å². The summed E-state index contributed by atoms with van der Waals surface area (Å²) in [6, 6.07) is 7.46. The average molecular weight is 433 g/mol. The predicted molar refractivity (Wildman–Crippen MR) is 103 cm³/mol. The summed E-state index contributed by atoms with van der Waals surface area (Å²) in [5, 5.41) is 23.2. The van der Waals surface area contributed by atoms with Crippen molar-refractivity contribution in [3.8, 4) is 0 Å². The highest BCUT2D eigenvalue weighted by molar-refractivity contribution is 9.10. The Bertz CT molecular complexity index is 928. The molecule has 0 saturated heterocycles. The Labute approximate surface area is 163 Å². The van der Waals surface area contributed by atoms with E-state index in [0.29, 0.717) is 28.0 Å². The second-order valence-corrected chi connectivity index (χ2v) is 7.28. The van der Waals surface area contributed by atoms with E-state index in [1.54, 1.807) is 18.3 Å². The number of nitrogens with one attached hydrogen (secondary N) is 3. The fourth-order valence-electron chi connectivity index (χ4n) is 2.74. The molecular weight excluding hydrogens is 415 g/mol. The minimum absolute atomic E-state index is 0.183. The molecule has 0 unspecified atom stereocenters. The molecule has 2 heterocycles. The van der Waals surface area contributed by atoms with Gasteiger partial charge in [0.15, 0.2) is 11.6 Å². The van der Waals surface area contributed by atoms with Gasteiger partial charge in [0.1, 0.15) is 5.82 Å². The fraction of sp³-hybridized carbons (Fsp3) is 0.278.